The van der Waals surface area contributed by atoms with Gasteiger partial charge in [0.05, 0.1) is 18.6 Å². The van der Waals surface area contributed by atoms with Gasteiger partial charge < -0.3 is 19.1 Å². The molecule has 9 nitrogen and oxygen atoms in total. The molecule has 1 atom stereocenters. The van der Waals surface area contributed by atoms with Crippen molar-refractivity contribution in [2.45, 2.75) is 63.0 Å². The van der Waals surface area contributed by atoms with E-state index in [2.05, 4.69) is 4.98 Å². The average Bonchev–Trinajstić information content (AvgIpc) is 2.89. The lowest BCUT2D eigenvalue weighted by Crippen LogP contribution is -2.47. The minimum atomic E-state index is -3.72. The summed E-state index contributed by atoms with van der Waals surface area (Å²) in [5.74, 6) is 1.35. The molecule has 1 amide bonds. The molecule has 202 valence electrons. The van der Waals surface area contributed by atoms with Crippen molar-refractivity contribution < 1.29 is 27.4 Å². The molecule has 0 spiro atoms. The maximum atomic E-state index is 13.7. The van der Waals surface area contributed by atoms with Crippen molar-refractivity contribution in [2.24, 2.45) is 0 Å². The highest BCUT2D eigenvalue weighted by molar-refractivity contribution is 7.89. The predicted molar refractivity (Wildman–Crippen MR) is 139 cm³/mol. The summed E-state index contributed by atoms with van der Waals surface area (Å²) in [6, 6.07) is 6.86. The van der Waals surface area contributed by atoms with Gasteiger partial charge in [-0.3, -0.25) is 9.78 Å². The summed E-state index contributed by atoms with van der Waals surface area (Å²) in [6.45, 7) is 5.39. The van der Waals surface area contributed by atoms with Gasteiger partial charge in [-0.25, -0.2) is 8.42 Å². The number of nitrogens with zero attached hydrogens (tertiary/aromatic N) is 3. The summed E-state index contributed by atoms with van der Waals surface area (Å²) < 4.78 is 46.0. The quantitative estimate of drug-likeness (QED) is 0.489. The second-order valence-corrected chi connectivity index (χ2v) is 11.6. The van der Waals surface area contributed by atoms with Gasteiger partial charge in [0.1, 0.15) is 24.2 Å². The third kappa shape index (κ3) is 6.61. The van der Waals surface area contributed by atoms with Gasteiger partial charge in [0.15, 0.2) is 0 Å². The van der Waals surface area contributed by atoms with Crippen LogP contribution in [0.25, 0.3) is 0 Å². The fraction of sp³-hybridized carbons (Fsp3) is 0.556. The summed E-state index contributed by atoms with van der Waals surface area (Å²) in [5.41, 5.74) is 1.32. The molecule has 1 aromatic heterocycles. The van der Waals surface area contributed by atoms with Crippen LogP contribution in [-0.2, 0) is 19.6 Å². The lowest BCUT2D eigenvalue weighted by Gasteiger charge is -2.35. The first kappa shape index (κ1) is 27.3. The lowest BCUT2D eigenvalue weighted by atomic mass is 10.1. The zero-order chi connectivity index (χ0) is 26.4. The highest BCUT2D eigenvalue weighted by atomic mass is 32.2. The third-order valence-electron chi connectivity index (χ3n) is 7.09. The number of rotatable bonds is 9. The van der Waals surface area contributed by atoms with E-state index < -0.39 is 10.0 Å². The van der Waals surface area contributed by atoms with E-state index in [0.717, 1.165) is 31.4 Å². The number of ether oxygens (including phenoxy) is 3. The SMILES string of the molecule is COc1cc(C)c(S(=O)(=O)N2CCCC[C@H]2COCC(=O)N2CCC(Oc3ccncc3)CC2)c(C)c1. The largest absolute Gasteiger partial charge is 0.497 e. The number of pyridine rings is 1. The van der Waals surface area contributed by atoms with Crippen molar-refractivity contribution in [2.75, 3.05) is 40.0 Å². The molecule has 0 saturated carbocycles. The molecule has 2 aliphatic rings. The van der Waals surface area contributed by atoms with Gasteiger partial charge in [-0.15, -0.1) is 0 Å². The molecular formula is C27H37N3O6S. The predicted octanol–water partition coefficient (Wildman–Crippen LogP) is 3.34. The Morgan fingerprint density at radius 1 is 1.00 bits per heavy atom. The Bertz CT molecular complexity index is 1140. The highest BCUT2D eigenvalue weighted by Gasteiger charge is 2.36. The number of aryl methyl sites for hydroxylation is 2. The van der Waals surface area contributed by atoms with E-state index >= 15 is 0 Å². The summed E-state index contributed by atoms with van der Waals surface area (Å²) in [6.07, 6.45) is 7.41. The van der Waals surface area contributed by atoms with Gasteiger partial charge in [-0.05, 0) is 62.1 Å². The standard InChI is InChI=1S/C27H37N3O6S/c1-20-16-25(34-3)17-21(2)27(20)37(32,33)30-13-5-4-6-22(30)18-35-19-26(31)29-14-9-24(10-15-29)36-23-7-11-28-12-8-23/h7-8,11-12,16-17,22,24H,4-6,9-10,13-15,18-19H2,1-3H3/t22-/m0/s1. The number of sulfonamides is 1. The van der Waals surface area contributed by atoms with Gasteiger partial charge in [-0.1, -0.05) is 6.42 Å². The van der Waals surface area contributed by atoms with Gasteiger partial charge in [0, 0.05) is 50.9 Å². The molecule has 1 aromatic carbocycles. The Kier molecular flexibility index (Phi) is 9.04. The molecule has 0 bridgehead atoms. The van der Waals surface area contributed by atoms with Crippen molar-refractivity contribution >= 4 is 15.9 Å². The van der Waals surface area contributed by atoms with E-state index in [-0.39, 0.29) is 31.3 Å². The number of amides is 1. The molecule has 4 rings (SSSR count). The van der Waals surface area contributed by atoms with Crippen molar-refractivity contribution in [1.82, 2.24) is 14.2 Å². The van der Waals surface area contributed by atoms with E-state index in [1.165, 1.54) is 0 Å². The number of likely N-dealkylation sites (tertiary alicyclic amines) is 1. The maximum absolute atomic E-state index is 13.7. The third-order valence-corrected chi connectivity index (χ3v) is 9.35. The number of hydrogen-bond donors (Lipinski definition) is 0. The first-order valence-corrected chi connectivity index (χ1v) is 14.3. The molecule has 0 unspecified atom stereocenters. The fourth-order valence-electron chi connectivity index (χ4n) is 5.22. The molecule has 0 radical (unpaired) electrons. The number of benzene rings is 1. The highest BCUT2D eigenvalue weighted by Crippen LogP contribution is 2.32. The summed E-state index contributed by atoms with van der Waals surface area (Å²) >= 11 is 0. The maximum Gasteiger partial charge on any atom is 0.248 e. The lowest BCUT2D eigenvalue weighted by molar-refractivity contribution is -0.138. The number of methoxy groups -OCH3 is 1. The Labute approximate surface area is 219 Å². The molecule has 10 heteroatoms. The molecule has 3 heterocycles. The smallest absolute Gasteiger partial charge is 0.248 e. The van der Waals surface area contributed by atoms with E-state index in [9.17, 15) is 13.2 Å². The zero-order valence-electron chi connectivity index (χ0n) is 21.9. The second-order valence-electron chi connectivity index (χ2n) is 9.75. The summed E-state index contributed by atoms with van der Waals surface area (Å²) in [4.78, 5) is 18.9. The topological polar surface area (TPSA) is 98.3 Å². The van der Waals surface area contributed by atoms with Gasteiger partial charge in [0.25, 0.3) is 0 Å². The van der Waals surface area contributed by atoms with E-state index in [4.69, 9.17) is 14.2 Å². The summed E-state index contributed by atoms with van der Waals surface area (Å²) in [7, 11) is -2.15. The number of hydrogen-bond acceptors (Lipinski definition) is 7. The van der Waals surface area contributed by atoms with Crippen LogP contribution in [0.1, 0.15) is 43.2 Å². The number of carbonyl (C=O) groups is 1. The first-order valence-electron chi connectivity index (χ1n) is 12.9. The monoisotopic (exact) mass is 531 g/mol. The molecule has 2 saturated heterocycles. The Hall–Kier alpha value is -2.69. The van der Waals surface area contributed by atoms with Crippen LogP contribution in [0.15, 0.2) is 41.6 Å². The van der Waals surface area contributed by atoms with Crippen LogP contribution in [0.2, 0.25) is 0 Å². The molecule has 2 aliphatic heterocycles. The molecule has 0 N–H and O–H groups in total. The van der Waals surface area contributed by atoms with Crippen molar-refractivity contribution in [3.63, 3.8) is 0 Å². The van der Waals surface area contributed by atoms with Gasteiger partial charge in [0.2, 0.25) is 15.9 Å². The zero-order valence-corrected chi connectivity index (χ0v) is 22.7. The molecule has 37 heavy (non-hydrogen) atoms. The summed E-state index contributed by atoms with van der Waals surface area (Å²) in [5, 5.41) is 0. The van der Waals surface area contributed by atoms with Gasteiger partial charge in [-0.2, -0.15) is 4.31 Å². The molecule has 2 fully saturated rings. The van der Waals surface area contributed by atoms with E-state index in [1.54, 1.807) is 54.7 Å². The first-order chi connectivity index (χ1) is 17.8. The van der Waals surface area contributed by atoms with Crippen LogP contribution < -0.4 is 9.47 Å². The van der Waals surface area contributed by atoms with Crippen LogP contribution in [-0.4, -0.2) is 80.6 Å². The minimum absolute atomic E-state index is 0.0547. The van der Waals surface area contributed by atoms with Crippen LogP contribution in [0.5, 0.6) is 11.5 Å². The van der Waals surface area contributed by atoms with Crippen LogP contribution in [0, 0.1) is 13.8 Å². The number of carbonyl (C=O) groups excluding carboxylic acids is 1. The van der Waals surface area contributed by atoms with Crippen molar-refractivity contribution in [3.05, 3.63) is 47.8 Å². The Balaban J connectivity index is 1.30. The van der Waals surface area contributed by atoms with Crippen LogP contribution >= 0.6 is 0 Å². The normalized spacial score (nSPS) is 19.5. The molecule has 0 aliphatic carbocycles. The molecular weight excluding hydrogens is 494 g/mol. The average molecular weight is 532 g/mol. The number of aromatic nitrogens is 1. The van der Waals surface area contributed by atoms with Crippen molar-refractivity contribution in [3.8, 4) is 11.5 Å². The Morgan fingerprint density at radius 3 is 2.32 bits per heavy atom. The fourth-order valence-corrected chi connectivity index (χ4v) is 7.31. The second kappa shape index (κ2) is 12.2. The van der Waals surface area contributed by atoms with Crippen LogP contribution in [0.3, 0.4) is 0 Å². The molecule has 2 aromatic rings. The van der Waals surface area contributed by atoms with Crippen LogP contribution in [0.4, 0.5) is 0 Å². The minimum Gasteiger partial charge on any atom is -0.497 e. The van der Waals surface area contributed by atoms with Crippen molar-refractivity contribution in [1.29, 1.82) is 0 Å². The van der Waals surface area contributed by atoms with E-state index in [1.807, 2.05) is 12.1 Å². The Morgan fingerprint density at radius 2 is 1.68 bits per heavy atom. The van der Waals surface area contributed by atoms with E-state index in [0.29, 0.717) is 47.8 Å². The number of piperidine rings is 2. The van der Waals surface area contributed by atoms with Gasteiger partial charge >= 0.3 is 0 Å².